The molecule has 0 aliphatic carbocycles. The quantitative estimate of drug-likeness (QED) is 0.508. The first-order chi connectivity index (χ1) is 15.2. The average Bonchev–Trinajstić information content (AvgIpc) is 3.29. The molecule has 1 saturated heterocycles. The minimum Gasteiger partial charge on any atom is -0.495 e. The van der Waals surface area contributed by atoms with Crippen molar-refractivity contribution in [2.24, 2.45) is 0 Å². The predicted molar refractivity (Wildman–Crippen MR) is 116 cm³/mol. The molecule has 4 aromatic rings. The third-order valence-corrected chi connectivity index (χ3v) is 5.21. The summed E-state index contributed by atoms with van der Waals surface area (Å²) in [5.74, 6) is 1.15. The smallest absolute Gasteiger partial charge is 0.165 e. The summed E-state index contributed by atoms with van der Waals surface area (Å²) in [4.78, 5) is 11.3. The Morgan fingerprint density at radius 3 is 2.77 bits per heavy atom. The third kappa shape index (κ3) is 3.75. The Balaban J connectivity index is 1.51. The van der Waals surface area contributed by atoms with E-state index in [9.17, 15) is 4.39 Å². The fraction of sp³-hybridized carbons (Fsp3) is 0.227. The number of ether oxygens (including phenoxy) is 2. The fourth-order valence-corrected chi connectivity index (χ4v) is 3.65. The molecule has 2 N–H and O–H groups in total. The van der Waals surface area contributed by atoms with Crippen molar-refractivity contribution in [1.82, 2.24) is 20.2 Å². The molecule has 31 heavy (non-hydrogen) atoms. The summed E-state index contributed by atoms with van der Waals surface area (Å²) in [7, 11) is 1.65. The van der Waals surface area contributed by atoms with E-state index in [0.717, 1.165) is 30.2 Å². The number of aromatic amines is 1. The maximum Gasteiger partial charge on any atom is 0.165 e. The summed E-state index contributed by atoms with van der Waals surface area (Å²) < 4.78 is 25.4. The summed E-state index contributed by atoms with van der Waals surface area (Å²) in [5.41, 5.74) is 3.35. The van der Waals surface area contributed by atoms with Crippen molar-refractivity contribution >= 4 is 28.2 Å². The lowest BCUT2D eigenvalue weighted by Crippen LogP contribution is -2.36. The number of morpholine rings is 1. The van der Waals surface area contributed by atoms with E-state index in [4.69, 9.17) is 9.47 Å². The van der Waals surface area contributed by atoms with Crippen LogP contribution in [0.2, 0.25) is 0 Å². The summed E-state index contributed by atoms with van der Waals surface area (Å²) in [6, 6.07) is 12.3. The van der Waals surface area contributed by atoms with Gasteiger partial charge in [0.25, 0.3) is 0 Å². The highest BCUT2D eigenvalue weighted by molar-refractivity contribution is 5.88. The number of anilines is 3. The van der Waals surface area contributed by atoms with E-state index in [1.165, 1.54) is 6.07 Å². The molecule has 0 spiro atoms. The molecule has 0 atom stereocenters. The van der Waals surface area contributed by atoms with Gasteiger partial charge in [0, 0.05) is 24.8 Å². The molecular weight excluding hydrogens is 399 g/mol. The van der Waals surface area contributed by atoms with Crippen molar-refractivity contribution in [1.29, 1.82) is 0 Å². The largest absolute Gasteiger partial charge is 0.495 e. The number of hydrogen-bond acceptors (Lipinski definition) is 7. The van der Waals surface area contributed by atoms with Crippen LogP contribution in [0.4, 0.5) is 21.6 Å². The van der Waals surface area contributed by atoms with Crippen LogP contribution in [0.1, 0.15) is 0 Å². The van der Waals surface area contributed by atoms with Crippen molar-refractivity contribution < 1.29 is 13.9 Å². The molecule has 2 aromatic heterocycles. The van der Waals surface area contributed by atoms with E-state index >= 15 is 0 Å². The molecule has 0 saturated carbocycles. The van der Waals surface area contributed by atoms with Crippen molar-refractivity contribution in [3.05, 3.63) is 54.5 Å². The molecule has 2 aromatic carbocycles. The summed E-state index contributed by atoms with van der Waals surface area (Å²) in [5, 5.41) is 10.3. The Labute approximate surface area is 178 Å². The molecule has 0 radical (unpaired) electrons. The highest BCUT2D eigenvalue weighted by atomic mass is 19.1. The highest BCUT2D eigenvalue weighted by Crippen LogP contribution is 2.34. The van der Waals surface area contributed by atoms with Crippen LogP contribution < -0.4 is 15.0 Å². The van der Waals surface area contributed by atoms with E-state index in [1.54, 1.807) is 31.5 Å². The van der Waals surface area contributed by atoms with Gasteiger partial charge in [-0.2, -0.15) is 5.10 Å². The van der Waals surface area contributed by atoms with Gasteiger partial charge in [0.05, 0.1) is 37.8 Å². The SMILES string of the molecule is COc1cc(Nc2nc(-c3ccccc3F)nc3cn[nH]c23)ccc1N1CCOCC1. The maximum absolute atomic E-state index is 14.3. The van der Waals surface area contributed by atoms with Crippen molar-refractivity contribution in [3.63, 3.8) is 0 Å². The van der Waals surface area contributed by atoms with Gasteiger partial charge in [-0.05, 0) is 24.3 Å². The van der Waals surface area contributed by atoms with Gasteiger partial charge in [-0.25, -0.2) is 14.4 Å². The lowest BCUT2D eigenvalue weighted by atomic mass is 10.2. The van der Waals surface area contributed by atoms with Gasteiger partial charge in [0.1, 0.15) is 22.6 Å². The van der Waals surface area contributed by atoms with Gasteiger partial charge in [0.15, 0.2) is 11.6 Å². The molecule has 0 amide bonds. The molecule has 0 unspecified atom stereocenters. The number of nitrogens with one attached hydrogen (secondary N) is 2. The number of aromatic nitrogens is 4. The molecule has 3 heterocycles. The maximum atomic E-state index is 14.3. The van der Waals surface area contributed by atoms with E-state index in [2.05, 4.69) is 30.4 Å². The number of hydrogen-bond donors (Lipinski definition) is 2. The van der Waals surface area contributed by atoms with E-state index < -0.39 is 0 Å². The molecule has 9 heteroatoms. The second-order valence-corrected chi connectivity index (χ2v) is 7.12. The minimum atomic E-state index is -0.382. The number of rotatable bonds is 5. The molecule has 0 bridgehead atoms. The molecule has 1 aliphatic rings. The molecular formula is C22H21FN6O2. The van der Waals surface area contributed by atoms with Crippen LogP contribution in [0.15, 0.2) is 48.7 Å². The number of halogens is 1. The highest BCUT2D eigenvalue weighted by Gasteiger charge is 2.17. The Morgan fingerprint density at radius 1 is 1.13 bits per heavy atom. The summed E-state index contributed by atoms with van der Waals surface area (Å²) in [6.45, 7) is 3.02. The third-order valence-electron chi connectivity index (χ3n) is 5.21. The molecule has 158 valence electrons. The second-order valence-electron chi connectivity index (χ2n) is 7.12. The first kappa shape index (κ1) is 19.3. The Bertz CT molecular complexity index is 1220. The molecule has 8 nitrogen and oxygen atoms in total. The van der Waals surface area contributed by atoms with Crippen LogP contribution in [-0.4, -0.2) is 53.6 Å². The van der Waals surface area contributed by atoms with Crippen molar-refractivity contribution in [3.8, 4) is 17.1 Å². The first-order valence-electron chi connectivity index (χ1n) is 9.97. The average molecular weight is 420 g/mol. The van der Waals surface area contributed by atoms with Crippen LogP contribution in [0.3, 0.4) is 0 Å². The minimum absolute atomic E-state index is 0.284. The lowest BCUT2D eigenvalue weighted by Gasteiger charge is -2.30. The number of H-pyrrole nitrogens is 1. The van der Waals surface area contributed by atoms with Crippen LogP contribution in [0.25, 0.3) is 22.4 Å². The first-order valence-corrected chi connectivity index (χ1v) is 9.97. The number of fused-ring (bicyclic) bond motifs is 1. The van der Waals surface area contributed by atoms with E-state index in [-0.39, 0.29) is 11.6 Å². The topological polar surface area (TPSA) is 88.2 Å². The normalized spacial score (nSPS) is 14.1. The van der Waals surface area contributed by atoms with Crippen LogP contribution >= 0.6 is 0 Å². The van der Waals surface area contributed by atoms with Gasteiger partial charge in [0.2, 0.25) is 0 Å². The zero-order valence-corrected chi connectivity index (χ0v) is 16.9. The van der Waals surface area contributed by atoms with Crippen LogP contribution in [-0.2, 0) is 4.74 Å². The van der Waals surface area contributed by atoms with Crippen LogP contribution in [0.5, 0.6) is 5.75 Å². The van der Waals surface area contributed by atoms with Crippen molar-refractivity contribution in [2.75, 3.05) is 43.6 Å². The van der Waals surface area contributed by atoms with E-state index in [0.29, 0.717) is 35.6 Å². The van der Waals surface area contributed by atoms with Gasteiger partial charge < -0.3 is 19.7 Å². The van der Waals surface area contributed by atoms with Gasteiger partial charge in [-0.15, -0.1) is 0 Å². The number of nitrogens with zero attached hydrogens (tertiary/aromatic N) is 4. The summed E-state index contributed by atoms with van der Waals surface area (Å²) >= 11 is 0. The number of benzene rings is 2. The van der Waals surface area contributed by atoms with E-state index in [1.807, 2.05) is 18.2 Å². The standard InChI is InChI=1S/C22H21FN6O2/c1-30-19-12-14(6-7-18(19)29-8-10-31-11-9-29)25-22-20-17(13-24-28-20)26-21(27-22)15-4-2-3-5-16(15)23/h2-7,12-13H,8-11H2,1H3,(H,24,28)(H,25,26,27). The predicted octanol–water partition coefficient (Wildman–Crippen LogP) is 3.75. The van der Waals surface area contributed by atoms with Gasteiger partial charge in [-0.1, -0.05) is 12.1 Å². The monoisotopic (exact) mass is 420 g/mol. The van der Waals surface area contributed by atoms with Crippen molar-refractivity contribution in [2.45, 2.75) is 0 Å². The molecule has 1 aliphatic heterocycles. The Hall–Kier alpha value is -3.72. The zero-order valence-electron chi connectivity index (χ0n) is 16.9. The Morgan fingerprint density at radius 2 is 1.97 bits per heavy atom. The van der Waals surface area contributed by atoms with Gasteiger partial charge >= 0.3 is 0 Å². The molecule has 5 rings (SSSR count). The van der Waals surface area contributed by atoms with Gasteiger partial charge in [-0.3, -0.25) is 5.10 Å². The van der Waals surface area contributed by atoms with Crippen LogP contribution in [0, 0.1) is 5.82 Å². The Kier molecular flexibility index (Phi) is 5.09. The fourth-order valence-electron chi connectivity index (χ4n) is 3.65. The zero-order chi connectivity index (χ0) is 21.2. The number of methoxy groups -OCH3 is 1. The second kappa shape index (κ2) is 8.19. The molecule has 1 fully saturated rings. The summed E-state index contributed by atoms with van der Waals surface area (Å²) in [6.07, 6.45) is 1.59. The lowest BCUT2D eigenvalue weighted by molar-refractivity contribution is 0.122.